The summed E-state index contributed by atoms with van der Waals surface area (Å²) in [6, 6.07) is 21.6. The Hall–Kier alpha value is -2.99. The van der Waals surface area contributed by atoms with Crippen molar-refractivity contribution in [3.05, 3.63) is 110 Å². The summed E-state index contributed by atoms with van der Waals surface area (Å²) < 4.78 is 7.52. The highest BCUT2D eigenvalue weighted by Gasteiger charge is 2.13. The minimum atomic E-state index is -0.269. The van der Waals surface area contributed by atoms with Gasteiger partial charge < -0.3 is 10.1 Å². The maximum Gasteiger partial charge on any atom is 0.256 e. The number of benzene rings is 3. The van der Waals surface area contributed by atoms with E-state index < -0.39 is 0 Å². The third-order valence-electron chi connectivity index (χ3n) is 5.01. The second-order valence-corrected chi connectivity index (χ2v) is 8.62. The van der Waals surface area contributed by atoms with Crippen LogP contribution in [0.5, 0.6) is 5.75 Å². The molecular weight excluding hydrogens is 481 g/mol. The van der Waals surface area contributed by atoms with Crippen LogP contribution in [-0.4, -0.2) is 15.7 Å². The minimum absolute atomic E-state index is 0.269. The Kier molecular flexibility index (Phi) is 7.23. The summed E-state index contributed by atoms with van der Waals surface area (Å²) in [7, 11) is 0. The molecule has 0 unspecified atom stereocenters. The van der Waals surface area contributed by atoms with Gasteiger partial charge in [0.1, 0.15) is 12.4 Å². The van der Waals surface area contributed by atoms with E-state index in [-0.39, 0.29) is 12.5 Å². The van der Waals surface area contributed by atoms with Gasteiger partial charge in [-0.25, -0.2) is 0 Å². The van der Waals surface area contributed by atoms with E-state index in [0.29, 0.717) is 38.7 Å². The first kappa shape index (κ1) is 23.2. The SMILES string of the molecule is Cc1cc(NC(=O)c2cccc(COc3ccccc3Cl)c2)nn1Cc1c(Cl)cccc1Cl. The van der Waals surface area contributed by atoms with Crippen molar-refractivity contribution in [2.45, 2.75) is 20.1 Å². The molecule has 1 heterocycles. The molecule has 3 aromatic carbocycles. The number of aryl methyl sites for hydroxylation is 1. The van der Waals surface area contributed by atoms with Gasteiger partial charge in [0.2, 0.25) is 0 Å². The van der Waals surface area contributed by atoms with E-state index in [1.165, 1.54) is 0 Å². The smallest absolute Gasteiger partial charge is 0.256 e. The maximum absolute atomic E-state index is 12.8. The van der Waals surface area contributed by atoms with Gasteiger partial charge in [0, 0.05) is 32.9 Å². The van der Waals surface area contributed by atoms with Crippen molar-refractivity contribution in [3.63, 3.8) is 0 Å². The van der Waals surface area contributed by atoms with E-state index in [0.717, 1.165) is 16.8 Å². The fraction of sp³-hybridized carbons (Fsp3) is 0.120. The highest BCUT2D eigenvalue weighted by molar-refractivity contribution is 6.36. The quantitative estimate of drug-likeness (QED) is 0.296. The molecule has 5 nitrogen and oxygen atoms in total. The molecule has 0 aliphatic rings. The Morgan fingerprint density at radius 3 is 2.39 bits per heavy atom. The molecule has 1 amide bonds. The first-order valence-electron chi connectivity index (χ1n) is 10.2. The number of para-hydroxylation sites is 1. The van der Waals surface area contributed by atoms with Crippen molar-refractivity contribution in [2.24, 2.45) is 0 Å². The van der Waals surface area contributed by atoms with Crippen molar-refractivity contribution in [1.29, 1.82) is 0 Å². The number of hydrogen-bond acceptors (Lipinski definition) is 3. The molecule has 1 N–H and O–H groups in total. The predicted octanol–water partition coefficient (Wildman–Crippen LogP) is 7.03. The molecule has 8 heteroatoms. The van der Waals surface area contributed by atoms with Gasteiger partial charge in [-0.15, -0.1) is 0 Å². The van der Waals surface area contributed by atoms with Crippen LogP contribution in [0.4, 0.5) is 5.82 Å². The van der Waals surface area contributed by atoms with Crippen molar-refractivity contribution >= 4 is 46.5 Å². The lowest BCUT2D eigenvalue weighted by atomic mass is 10.1. The van der Waals surface area contributed by atoms with E-state index in [1.807, 2.05) is 31.2 Å². The van der Waals surface area contributed by atoms with Crippen molar-refractivity contribution in [3.8, 4) is 5.75 Å². The number of nitrogens with zero attached hydrogens (tertiary/aromatic N) is 2. The van der Waals surface area contributed by atoms with Gasteiger partial charge in [-0.1, -0.05) is 65.1 Å². The number of carbonyl (C=O) groups excluding carboxylic acids is 1. The highest BCUT2D eigenvalue weighted by Crippen LogP contribution is 2.26. The molecule has 0 saturated heterocycles. The van der Waals surface area contributed by atoms with Crippen molar-refractivity contribution < 1.29 is 9.53 Å². The zero-order chi connectivity index (χ0) is 23.4. The van der Waals surface area contributed by atoms with E-state index >= 15 is 0 Å². The Bertz CT molecular complexity index is 1280. The predicted molar refractivity (Wildman–Crippen MR) is 133 cm³/mol. The number of anilines is 1. The first-order chi connectivity index (χ1) is 15.9. The summed E-state index contributed by atoms with van der Waals surface area (Å²) in [6.07, 6.45) is 0. The lowest BCUT2D eigenvalue weighted by Crippen LogP contribution is -2.13. The zero-order valence-electron chi connectivity index (χ0n) is 17.7. The molecule has 0 fully saturated rings. The van der Waals surface area contributed by atoms with Gasteiger partial charge in [0.15, 0.2) is 5.82 Å². The van der Waals surface area contributed by atoms with Crippen LogP contribution in [0.1, 0.15) is 27.2 Å². The van der Waals surface area contributed by atoms with E-state index in [1.54, 1.807) is 53.2 Å². The molecule has 1 aromatic heterocycles. The van der Waals surface area contributed by atoms with Crippen LogP contribution in [0.15, 0.2) is 72.8 Å². The number of aromatic nitrogens is 2. The highest BCUT2D eigenvalue weighted by atomic mass is 35.5. The number of amides is 1. The maximum atomic E-state index is 12.8. The number of rotatable bonds is 7. The Morgan fingerprint density at radius 1 is 0.939 bits per heavy atom. The van der Waals surface area contributed by atoms with Crippen molar-refractivity contribution in [2.75, 3.05) is 5.32 Å². The van der Waals surface area contributed by atoms with Crippen LogP contribution in [-0.2, 0) is 13.2 Å². The minimum Gasteiger partial charge on any atom is -0.487 e. The molecule has 0 bridgehead atoms. The van der Waals surface area contributed by atoms with Gasteiger partial charge in [0.05, 0.1) is 11.6 Å². The van der Waals surface area contributed by atoms with Gasteiger partial charge in [-0.2, -0.15) is 5.10 Å². The monoisotopic (exact) mass is 499 g/mol. The van der Waals surface area contributed by atoms with Crippen LogP contribution >= 0.6 is 34.8 Å². The molecule has 4 rings (SSSR count). The van der Waals surface area contributed by atoms with Gasteiger partial charge in [-0.3, -0.25) is 9.48 Å². The number of hydrogen-bond donors (Lipinski definition) is 1. The Balaban J connectivity index is 1.44. The summed E-state index contributed by atoms with van der Waals surface area (Å²) >= 11 is 18.7. The van der Waals surface area contributed by atoms with Crippen LogP contribution < -0.4 is 10.1 Å². The third kappa shape index (κ3) is 5.69. The number of ether oxygens (including phenoxy) is 1. The van der Waals surface area contributed by atoms with Crippen molar-refractivity contribution in [1.82, 2.24) is 9.78 Å². The zero-order valence-corrected chi connectivity index (χ0v) is 20.0. The summed E-state index contributed by atoms with van der Waals surface area (Å²) in [5, 5.41) is 9.01. The molecule has 0 aliphatic carbocycles. The summed E-state index contributed by atoms with van der Waals surface area (Å²) in [4.78, 5) is 12.8. The molecule has 33 heavy (non-hydrogen) atoms. The van der Waals surface area contributed by atoms with Gasteiger partial charge in [-0.05, 0) is 48.9 Å². The summed E-state index contributed by atoms with van der Waals surface area (Å²) in [5.41, 5.74) is 2.98. The molecule has 0 atom stereocenters. The largest absolute Gasteiger partial charge is 0.487 e. The standard InChI is InChI=1S/C25H20Cl3N3O2/c1-16-12-24(30-31(16)14-19-20(26)9-5-10-21(19)27)29-25(32)18-7-4-6-17(13-18)15-33-23-11-3-2-8-22(23)28/h2-13H,14-15H2,1H3,(H,29,30,32). The molecule has 0 spiro atoms. The van der Waals surface area contributed by atoms with Crippen LogP contribution in [0.2, 0.25) is 15.1 Å². The van der Waals surface area contributed by atoms with E-state index in [4.69, 9.17) is 39.5 Å². The number of halogens is 3. The lowest BCUT2D eigenvalue weighted by Gasteiger charge is -2.09. The number of nitrogens with one attached hydrogen (secondary N) is 1. The summed E-state index contributed by atoms with van der Waals surface area (Å²) in [5.74, 6) is 0.766. The number of carbonyl (C=O) groups is 1. The molecule has 0 saturated carbocycles. The van der Waals surface area contributed by atoms with Gasteiger partial charge >= 0.3 is 0 Å². The average molecular weight is 501 g/mol. The molecular formula is C25H20Cl3N3O2. The molecule has 4 aromatic rings. The van der Waals surface area contributed by atoms with Crippen LogP contribution in [0.3, 0.4) is 0 Å². The first-order valence-corrected chi connectivity index (χ1v) is 11.3. The van der Waals surface area contributed by atoms with Gasteiger partial charge in [0.25, 0.3) is 5.91 Å². The average Bonchev–Trinajstić information content (AvgIpc) is 3.14. The topological polar surface area (TPSA) is 56.1 Å². The normalized spacial score (nSPS) is 10.8. The fourth-order valence-corrected chi connectivity index (χ4v) is 3.99. The molecule has 0 aliphatic heterocycles. The second kappa shape index (κ2) is 10.3. The Labute approximate surface area is 206 Å². The fourth-order valence-electron chi connectivity index (χ4n) is 3.28. The lowest BCUT2D eigenvalue weighted by molar-refractivity contribution is 0.102. The molecule has 168 valence electrons. The second-order valence-electron chi connectivity index (χ2n) is 7.40. The third-order valence-corrected chi connectivity index (χ3v) is 6.03. The molecule has 0 radical (unpaired) electrons. The summed E-state index contributed by atoms with van der Waals surface area (Å²) in [6.45, 7) is 2.59. The van der Waals surface area contributed by atoms with Crippen LogP contribution in [0.25, 0.3) is 0 Å². The van der Waals surface area contributed by atoms with Crippen LogP contribution in [0, 0.1) is 6.92 Å². The van der Waals surface area contributed by atoms with E-state index in [9.17, 15) is 4.79 Å². The Morgan fingerprint density at radius 2 is 1.64 bits per heavy atom. The van der Waals surface area contributed by atoms with E-state index in [2.05, 4.69) is 10.4 Å².